The smallest absolute Gasteiger partial charge is 0.114 e. The van der Waals surface area contributed by atoms with E-state index in [0.717, 1.165) is 12.8 Å². The minimum atomic E-state index is -1.00. The quantitative estimate of drug-likeness (QED) is 0.238. The summed E-state index contributed by atoms with van der Waals surface area (Å²) in [7, 11) is 0. The molecule has 28 heavy (non-hydrogen) atoms. The van der Waals surface area contributed by atoms with Gasteiger partial charge in [-0.2, -0.15) is 0 Å². The van der Waals surface area contributed by atoms with E-state index in [1.807, 2.05) is 0 Å². The second-order valence-electron chi connectivity index (χ2n) is 8.03. The molecule has 0 aliphatic carbocycles. The van der Waals surface area contributed by atoms with E-state index in [-0.39, 0.29) is 13.2 Å². The number of aliphatic hydroxyl groups excluding tert-OH is 3. The van der Waals surface area contributed by atoms with Gasteiger partial charge in [-0.1, -0.05) is 70.4 Å². The summed E-state index contributed by atoms with van der Waals surface area (Å²) in [4.78, 5) is 0. The molecule has 0 aromatic heterocycles. The van der Waals surface area contributed by atoms with Crippen molar-refractivity contribution in [1.82, 2.24) is 0 Å². The highest BCUT2D eigenvalue weighted by Gasteiger charge is 2.40. The Morgan fingerprint density at radius 2 is 1.50 bits per heavy atom. The Bertz CT molecular complexity index is 374. The van der Waals surface area contributed by atoms with Crippen molar-refractivity contribution >= 4 is 0 Å². The lowest BCUT2D eigenvalue weighted by atomic mass is 10.1. The summed E-state index contributed by atoms with van der Waals surface area (Å²) >= 11 is 0. The number of hydrogen-bond donors (Lipinski definition) is 3. The molecule has 166 valence electrons. The maximum absolute atomic E-state index is 9.88. The molecule has 5 nitrogen and oxygen atoms in total. The van der Waals surface area contributed by atoms with Crippen LogP contribution in [0.3, 0.4) is 0 Å². The van der Waals surface area contributed by atoms with Gasteiger partial charge in [0.1, 0.15) is 24.4 Å². The summed E-state index contributed by atoms with van der Waals surface area (Å²) in [5.74, 6) is 0. The van der Waals surface area contributed by atoms with Gasteiger partial charge in [-0.25, -0.2) is 0 Å². The highest BCUT2D eigenvalue weighted by molar-refractivity contribution is 4.89. The summed E-state index contributed by atoms with van der Waals surface area (Å²) in [6.07, 6.45) is 18.1. The van der Waals surface area contributed by atoms with Gasteiger partial charge in [-0.05, 0) is 32.1 Å². The molecule has 0 unspecified atom stereocenters. The Kier molecular flexibility index (Phi) is 15.9. The molecule has 1 rings (SSSR count). The van der Waals surface area contributed by atoms with Crippen LogP contribution in [-0.2, 0) is 9.47 Å². The minimum absolute atomic E-state index is 0.153. The first-order chi connectivity index (χ1) is 13.7. The third-order valence-corrected chi connectivity index (χ3v) is 5.45. The molecule has 0 aromatic rings. The Labute approximate surface area is 172 Å². The molecule has 0 aromatic carbocycles. The molecule has 4 atom stereocenters. The molecule has 0 bridgehead atoms. The van der Waals surface area contributed by atoms with E-state index in [2.05, 4.69) is 19.1 Å². The molecule has 0 spiro atoms. The van der Waals surface area contributed by atoms with Gasteiger partial charge in [0, 0.05) is 6.61 Å². The highest BCUT2D eigenvalue weighted by Crippen LogP contribution is 2.21. The average Bonchev–Trinajstić information content (AvgIpc) is 3.07. The molecule has 0 saturated carbocycles. The fraction of sp³-hybridized carbons (Fsp3) is 0.913. The van der Waals surface area contributed by atoms with Crippen molar-refractivity contribution < 1.29 is 24.8 Å². The van der Waals surface area contributed by atoms with E-state index < -0.39 is 24.4 Å². The normalized spacial score (nSPS) is 23.6. The number of ether oxygens (including phenoxy) is 2. The molecule has 1 fully saturated rings. The molecule has 3 N–H and O–H groups in total. The molecule has 1 aliphatic heterocycles. The number of allylic oxidation sites excluding steroid dienone is 2. The van der Waals surface area contributed by atoms with Gasteiger partial charge in [-0.3, -0.25) is 0 Å². The minimum Gasteiger partial charge on any atom is -0.394 e. The van der Waals surface area contributed by atoms with Crippen LogP contribution in [0.25, 0.3) is 0 Å². The Hall–Kier alpha value is -0.460. The Morgan fingerprint density at radius 3 is 2.11 bits per heavy atom. The molecule has 1 aliphatic rings. The van der Waals surface area contributed by atoms with Crippen molar-refractivity contribution in [1.29, 1.82) is 0 Å². The second-order valence-corrected chi connectivity index (χ2v) is 8.03. The molecule has 1 heterocycles. The first-order valence-corrected chi connectivity index (χ1v) is 11.6. The first-order valence-electron chi connectivity index (χ1n) is 11.6. The number of rotatable bonds is 18. The predicted molar refractivity (Wildman–Crippen MR) is 113 cm³/mol. The molecule has 0 radical (unpaired) electrons. The van der Waals surface area contributed by atoms with E-state index >= 15 is 0 Å². The molecule has 1 saturated heterocycles. The van der Waals surface area contributed by atoms with Crippen molar-refractivity contribution in [3.05, 3.63) is 12.2 Å². The van der Waals surface area contributed by atoms with Crippen LogP contribution in [0.5, 0.6) is 0 Å². The van der Waals surface area contributed by atoms with Crippen LogP contribution in [0.1, 0.15) is 90.4 Å². The Morgan fingerprint density at radius 1 is 0.929 bits per heavy atom. The number of hydrogen-bond acceptors (Lipinski definition) is 5. The summed E-state index contributed by atoms with van der Waals surface area (Å²) in [6.45, 7) is 2.58. The summed E-state index contributed by atoms with van der Waals surface area (Å²) < 4.78 is 11.0. The van der Waals surface area contributed by atoms with Crippen molar-refractivity contribution in [2.75, 3.05) is 19.8 Å². The van der Waals surface area contributed by atoms with Gasteiger partial charge < -0.3 is 24.8 Å². The fourth-order valence-electron chi connectivity index (χ4n) is 3.65. The van der Waals surface area contributed by atoms with Crippen molar-refractivity contribution in [3.63, 3.8) is 0 Å². The molecular formula is C23H44O5. The standard InChI is InChI=1S/C23H44O5/c1-2-3-4-5-6-7-8-9-10-11-12-13-14-15-16-17-27-23-21(26)19-28-22(23)20(25)18-24/h7-8,20-26H,2-6,9-19H2,1H3/b8-7+/t20-,21+,22-,23-/m1/s1. The number of aliphatic hydroxyl groups is 3. The third kappa shape index (κ3) is 11.5. The largest absolute Gasteiger partial charge is 0.394 e. The molecular weight excluding hydrogens is 356 g/mol. The lowest BCUT2D eigenvalue weighted by Crippen LogP contribution is -2.42. The maximum atomic E-state index is 9.88. The van der Waals surface area contributed by atoms with Crippen LogP contribution in [0, 0.1) is 0 Å². The Balaban J connectivity index is 1.88. The lowest BCUT2D eigenvalue weighted by molar-refractivity contribution is -0.0938. The van der Waals surface area contributed by atoms with Crippen LogP contribution in [0.4, 0.5) is 0 Å². The first kappa shape index (κ1) is 25.6. The van der Waals surface area contributed by atoms with Crippen LogP contribution in [-0.4, -0.2) is 59.6 Å². The van der Waals surface area contributed by atoms with E-state index in [0.29, 0.717) is 6.61 Å². The van der Waals surface area contributed by atoms with Gasteiger partial charge in [0.05, 0.1) is 13.2 Å². The third-order valence-electron chi connectivity index (χ3n) is 5.45. The van der Waals surface area contributed by atoms with Crippen molar-refractivity contribution in [3.8, 4) is 0 Å². The predicted octanol–water partition coefficient (Wildman–Crippen LogP) is 4.13. The lowest BCUT2D eigenvalue weighted by Gasteiger charge is -2.23. The van der Waals surface area contributed by atoms with Gasteiger partial charge in [0.15, 0.2) is 0 Å². The topological polar surface area (TPSA) is 79.2 Å². The monoisotopic (exact) mass is 400 g/mol. The van der Waals surface area contributed by atoms with E-state index in [1.165, 1.54) is 70.6 Å². The second kappa shape index (κ2) is 17.4. The molecule has 0 amide bonds. The highest BCUT2D eigenvalue weighted by atomic mass is 16.6. The van der Waals surface area contributed by atoms with E-state index in [4.69, 9.17) is 14.6 Å². The van der Waals surface area contributed by atoms with Crippen LogP contribution < -0.4 is 0 Å². The van der Waals surface area contributed by atoms with Gasteiger partial charge in [0.25, 0.3) is 0 Å². The molecule has 5 heteroatoms. The van der Waals surface area contributed by atoms with E-state index in [1.54, 1.807) is 0 Å². The van der Waals surface area contributed by atoms with Crippen LogP contribution >= 0.6 is 0 Å². The van der Waals surface area contributed by atoms with Crippen LogP contribution in [0.2, 0.25) is 0 Å². The summed E-state index contributed by atoms with van der Waals surface area (Å²) in [5, 5.41) is 28.6. The maximum Gasteiger partial charge on any atom is 0.114 e. The van der Waals surface area contributed by atoms with E-state index in [9.17, 15) is 10.2 Å². The zero-order valence-corrected chi connectivity index (χ0v) is 17.9. The van der Waals surface area contributed by atoms with Gasteiger partial charge >= 0.3 is 0 Å². The summed E-state index contributed by atoms with van der Waals surface area (Å²) in [5.41, 5.74) is 0. The zero-order chi connectivity index (χ0) is 20.5. The van der Waals surface area contributed by atoms with Crippen LogP contribution in [0.15, 0.2) is 12.2 Å². The summed E-state index contributed by atoms with van der Waals surface area (Å²) in [6, 6.07) is 0. The SMILES string of the molecule is CCCCCC/C=C/CCCCCCCCCO[C@H]1[C@@H]([C@H](O)CO)OC[C@@H]1O. The number of unbranched alkanes of at least 4 members (excludes halogenated alkanes) is 11. The zero-order valence-electron chi connectivity index (χ0n) is 17.9. The van der Waals surface area contributed by atoms with Gasteiger partial charge in [0.2, 0.25) is 0 Å². The van der Waals surface area contributed by atoms with Gasteiger partial charge in [-0.15, -0.1) is 0 Å². The fourth-order valence-corrected chi connectivity index (χ4v) is 3.65. The van der Waals surface area contributed by atoms with Crippen molar-refractivity contribution in [2.24, 2.45) is 0 Å². The van der Waals surface area contributed by atoms with Crippen molar-refractivity contribution in [2.45, 2.75) is 115 Å². The average molecular weight is 401 g/mol.